The number of nitrogens with two attached hydrogens (primary N) is 2. The molecule has 25 heavy (non-hydrogen) atoms. The molecule has 0 amide bonds. The summed E-state index contributed by atoms with van der Waals surface area (Å²) >= 11 is 0.943. The molecule has 0 atom stereocenters. The van der Waals surface area contributed by atoms with E-state index in [0.29, 0.717) is 29.0 Å². The molecule has 3 rings (SSSR count). The number of hydrogen-bond donors (Lipinski definition) is 4. The topological polar surface area (TPSA) is 144 Å². The predicted molar refractivity (Wildman–Crippen MR) is 95.2 cm³/mol. The molecule has 1 heterocycles. The molecule has 0 fully saturated rings. The van der Waals surface area contributed by atoms with Crippen LogP contribution in [0.15, 0.2) is 35.2 Å². The van der Waals surface area contributed by atoms with Crippen LogP contribution in [0.4, 0.5) is 15.8 Å². The summed E-state index contributed by atoms with van der Waals surface area (Å²) in [6.07, 6.45) is 0. The van der Waals surface area contributed by atoms with Gasteiger partial charge in [0.25, 0.3) is 0 Å². The second-order valence-corrected chi connectivity index (χ2v) is 7.09. The van der Waals surface area contributed by atoms with Gasteiger partial charge in [-0.25, -0.2) is 17.5 Å². The lowest BCUT2D eigenvalue weighted by molar-refractivity contribution is 0.432. The van der Waals surface area contributed by atoms with Crippen LogP contribution in [-0.2, 0) is 10.0 Å². The molecule has 0 saturated heterocycles. The highest BCUT2D eigenvalue weighted by molar-refractivity contribution is 7.89. The third-order valence-electron chi connectivity index (χ3n) is 3.01. The van der Waals surface area contributed by atoms with Crippen LogP contribution in [-0.4, -0.2) is 28.8 Å². The number of benzene rings is 2. The number of hydrogen-bond acceptors (Lipinski definition) is 8. The summed E-state index contributed by atoms with van der Waals surface area (Å²) in [5.74, 6) is -1.06. The van der Waals surface area contributed by atoms with Gasteiger partial charge in [-0.15, -0.1) is 0 Å². The van der Waals surface area contributed by atoms with E-state index in [9.17, 15) is 12.8 Å². The molecule has 0 aliphatic rings. The highest BCUT2D eigenvalue weighted by Gasteiger charge is 2.19. The lowest BCUT2D eigenvalue weighted by Crippen LogP contribution is -2.23. The Balaban J connectivity index is 0.000000212. The first-order valence-electron chi connectivity index (χ1n) is 7.00. The van der Waals surface area contributed by atoms with Crippen molar-refractivity contribution in [3.05, 3.63) is 36.1 Å². The maximum absolute atomic E-state index is 12.2. The van der Waals surface area contributed by atoms with E-state index in [1.54, 1.807) is 6.92 Å². The molecule has 2 aromatic carbocycles. The van der Waals surface area contributed by atoms with E-state index in [1.165, 1.54) is 24.3 Å². The molecule has 0 aliphatic carbocycles. The van der Waals surface area contributed by atoms with Crippen molar-refractivity contribution in [3.8, 4) is 5.75 Å². The Kier molecular flexibility index (Phi) is 5.72. The summed E-state index contributed by atoms with van der Waals surface area (Å²) in [6, 6.07) is 6.67. The van der Waals surface area contributed by atoms with Gasteiger partial charge in [-0.1, -0.05) is 6.92 Å². The fourth-order valence-electron chi connectivity index (χ4n) is 1.87. The summed E-state index contributed by atoms with van der Waals surface area (Å²) in [7, 11) is -3.52. The van der Waals surface area contributed by atoms with Gasteiger partial charge in [0.2, 0.25) is 10.0 Å². The zero-order valence-electron chi connectivity index (χ0n) is 13.1. The van der Waals surface area contributed by atoms with E-state index in [0.717, 1.165) is 17.8 Å². The minimum Gasteiger partial charge on any atom is -0.505 e. The molecule has 0 bridgehead atoms. The van der Waals surface area contributed by atoms with Gasteiger partial charge in [-0.2, -0.15) is 8.75 Å². The molecule has 8 nitrogen and oxygen atoms in total. The molecular weight excluding hydrogens is 369 g/mol. The molecule has 134 valence electrons. The Morgan fingerprint density at radius 2 is 1.88 bits per heavy atom. The van der Waals surface area contributed by atoms with Crippen LogP contribution in [0, 0.1) is 5.82 Å². The van der Waals surface area contributed by atoms with Gasteiger partial charge in [0.05, 0.1) is 17.4 Å². The van der Waals surface area contributed by atoms with Gasteiger partial charge in [0, 0.05) is 18.3 Å². The summed E-state index contributed by atoms with van der Waals surface area (Å²) in [5.41, 5.74) is 12.4. The molecule has 3 aromatic rings. The molecule has 0 radical (unpaired) electrons. The maximum atomic E-state index is 12.2. The SMILES string of the molecule is CCNS(=O)(=O)c1ccc(N)c2nsnc12.Nc1ccc(O)c(F)c1. The van der Waals surface area contributed by atoms with Crippen molar-refractivity contribution in [2.45, 2.75) is 11.8 Å². The van der Waals surface area contributed by atoms with Crippen molar-refractivity contribution in [1.29, 1.82) is 0 Å². The fourth-order valence-corrected chi connectivity index (χ4v) is 3.69. The Morgan fingerprint density at radius 1 is 1.20 bits per heavy atom. The van der Waals surface area contributed by atoms with Crippen molar-refractivity contribution in [2.24, 2.45) is 0 Å². The van der Waals surface area contributed by atoms with Gasteiger partial charge < -0.3 is 16.6 Å². The van der Waals surface area contributed by atoms with Crippen LogP contribution in [0.5, 0.6) is 5.75 Å². The number of aromatic nitrogens is 2. The number of nitrogen functional groups attached to an aromatic ring is 2. The summed E-state index contributed by atoms with van der Waals surface area (Å²) in [4.78, 5) is 0.118. The molecule has 1 aromatic heterocycles. The van der Waals surface area contributed by atoms with Crippen LogP contribution in [0.25, 0.3) is 11.0 Å². The van der Waals surface area contributed by atoms with Crippen molar-refractivity contribution < 1.29 is 17.9 Å². The first kappa shape index (κ1) is 18.8. The zero-order chi connectivity index (χ0) is 18.6. The third kappa shape index (κ3) is 4.32. The fraction of sp³-hybridized carbons (Fsp3) is 0.143. The largest absolute Gasteiger partial charge is 0.505 e. The molecule has 0 aliphatic heterocycles. The minimum absolute atomic E-state index is 0.118. The predicted octanol–water partition coefficient (Wildman–Crippen LogP) is 1.69. The first-order chi connectivity index (χ1) is 11.8. The van der Waals surface area contributed by atoms with Gasteiger partial charge >= 0.3 is 0 Å². The molecular formula is C14H16FN5O3S2. The number of phenols is 1. The van der Waals surface area contributed by atoms with E-state index in [1.807, 2.05) is 0 Å². The van der Waals surface area contributed by atoms with Crippen LogP contribution in [0.1, 0.15) is 6.92 Å². The quantitative estimate of drug-likeness (QED) is 0.396. The van der Waals surface area contributed by atoms with Crippen LogP contribution < -0.4 is 16.2 Å². The minimum atomic E-state index is -3.52. The second kappa shape index (κ2) is 7.59. The normalized spacial score (nSPS) is 11.1. The first-order valence-corrected chi connectivity index (χ1v) is 9.22. The number of nitrogens with one attached hydrogen (secondary N) is 1. The van der Waals surface area contributed by atoms with Gasteiger partial charge in [-0.05, 0) is 24.3 Å². The number of halogens is 1. The molecule has 11 heteroatoms. The number of nitrogens with zero attached hydrogens (tertiary/aromatic N) is 2. The zero-order valence-corrected chi connectivity index (χ0v) is 14.7. The Morgan fingerprint density at radius 3 is 2.48 bits per heavy atom. The van der Waals surface area contributed by atoms with E-state index in [-0.39, 0.29) is 10.6 Å². The number of rotatable bonds is 3. The smallest absolute Gasteiger partial charge is 0.242 e. The molecule has 0 unspecified atom stereocenters. The Hall–Kier alpha value is -2.50. The molecule has 0 saturated carbocycles. The van der Waals surface area contributed by atoms with Gasteiger partial charge in [0.15, 0.2) is 11.6 Å². The number of anilines is 2. The van der Waals surface area contributed by atoms with Crippen molar-refractivity contribution in [3.63, 3.8) is 0 Å². The third-order valence-corrected chi connectivity index (χ3v) is 5.11. The highest BCUT2D eigenvalue weighted by Crippen LogP contribution is 2.25. The number of phenolic OH excluding ortho intramolecular Hbond substituents is 1. The van der Waals surface area contributed by atoms with Crippen molar-refractivity contribution in [2.75, 3.05) is 18.0 Å². The van der Waals surface area contributed by atoms with Crippen molar-refractivity contribution >= 4 is 44.2 Å². The van der Waals surface area contributed by atoms with Gasteiger partial charge in [-0.3, -0.25) is 0 Å². The average molecular weight is 385 g/mol. The standard InChI is InChI=1S/C8H10N4O2S2.C6H6FNO/c1-2-10-16(13,14)6-4-3-5(9)7-8(6)12-15-11-7;7-5-3-4(8)1-2-6(5)9/h3-4,10H,2,9H2,1H3;1-3,9H,8H2. The molecule has 6 N–H and O–H groups in total. The van der Waals surface area contributed by atoms with Crippen molar-refractivity contribution in [1.82, 2.24) is 13.5 Å². The van der Waals surface area contributed by atoms with E-state index >= 15 is 0 Å². The number of aromatic hydroxyl groups is 1. The average Bonchev–Trinajstić information content (AvgIpc) is 3.02. The number of fused-ring (bicyclic) bond motifs is 1. The van der Waals surface area contributed by atoms with Crippen LogP contribution in [0.2, 0.25) is 0 Å². The lowest BCUT2D eigenvalue weighted by atomic mass is 10.3. The van der Waals surface area contributed by atoms with Crippen LogP contribution >= 0.6 is 11.7 Å². The van der Waals surface area contributed by atoms with Gasteiger partial charge in [0.1, 0.15) is 15.9 Å². The second-order valence-electron chi connectivity index (χ2n) is 4.83. The summed E-state index contributed by atoms with van der Waals surface area (Å²) in [6.45, 7) is 2.04. The Bertz CT molecular complexity index is 991. The van der Waals surface area contributed by atoms with Crippen LogP contribution in [0.3, 0.4) is 0 Å². The van der Waals surface area contributed by atoms with E-state index in [2.05, 4.69) is 13.5 Å². The Labute approximate surface area is 147 Å². The number of sulfonamides is 1. The summed E-state index contributed by atoms with van der Waals surface area (Å²) < 4.78 is 46.3. The maximum Gasteiger partial charge on any atom is 0.242 e. The molecule has 0 spiro atoms. The van der Waals surface area contributed by atoms with E-state index in [4.69, 9.17) is 16.6 Å². The monoisotopic (exact) mass is 385 g/mol. The highest BCUT2D eigenvalue weighted by atomic mass is 32.2. The van der Waals surface area contributed by atoms with E-state index < -0.39 is 15.8 Å². The summed E-state index contributed by atoms with van der Waals surface area (Å²) in [5, 5.41) is 8.61. The lowest BCUT2D eigenvalue weighted by Gasteiger charge is -2.05.